The van der Waals surface area contributed by atoms with Crippen LogP contribution >= 0.6 is 0 Å². The Balaban J connectivity index is 1.64. The third-order valence-electron chi connectivity index (χ3n) is 3.39. The molecule has 0 fully saturated rings. The molecule has 0 saturated carbocycles. The van der Waals surface area contributed by atoms with Crippen molar-refractivity contribution < 1.29 is 9.53 Å². The van der Waals surface area contributed by atoms with Crippen molar-refractivity contribution in [1.82, 2.24) is 9.78 Å². The molecule has 98 valence electrons. The zero-order valence-electron chi connectivity index (χ0n) is 10.9. The van der Waals surface area contributed by atoms with Gasteiger partial charge in [0.25, 0.3) is 0 Å². The fourth-order valence-corrected chi connectivity index (χ4v) is 2.35. The number of fused-ring (bicyclic) bond motifs is 1. The Morgan fingerprint density at radius 2 is 2.32 bits per heavy atom. The van der Waals surface area contributed by atoms with Gasteiger partial charge in [0.2, 0.25) is 0 Å². The Morgan fingerprint density at radius 1 is 1.42 bits per heavy atom. The maximum absolute atomic E-state index is 12.0. The molecule has 1 aliphatic rings. The average molecular weight is 256 g/mol. The second-order valence-electron chi connectivity index (χ2n) is 4.84. The molecule has 0 unspecified atom stereocenters. The summed E-state index contributed by atoms with van der Waals surface area (Å²) in [7, 11) is 1.82. The third-order valence-corrected chi connectivity index (χ3v) is 3.39. The van der Waals surface area contributed by atoms with Crippen LogP contribution in [0.5, 0.6) is 5.75 Å². The Morgan fingerprint density at radius 3 is 3.11 bits per heavy atom. The molecule has 3 rings (SSSR count). The van der Waals surface area contributed by atoms with E-state index in [1.54, 1.807) is 16.9 Å². The Hall–Kier alpha value is -2.10. The lowest BCUT2D eigenvalue weighted by Gasteiger charge is -2.03. The van der Waals surface area contributed by atoms with Gasteiger partial charge in [-0.1, -0.05) is 12.1 Å². The van der Waals surface area contributed by atoms with E-state index in [0.717, 1.165) is 25.2 Å². The van der Waals surface area contributed by atoms with Gasteiger partial charge in [0.15, 0.2) is 5.78 Å². The SMILES string of the molecule is Cn1ccc(C(=O)CCc2ccc3c(c2)CCO3)n1. The van der Waals surface area contributed by atoms with Gasteiger partial charge in [-0.05, 0) is 29.7 Å². The van der Waals surface area contributed by atoms with Crippen molar-refractivity contribution in [3.8, 4) is 5.75 Å². The predicted octanol–water partition coefficient (Wildman–Crippen LogP) is 2.17. The van der Waals surface area contributed by atoms with Crippen molar-refractivity contribution in [2.24, 2.45) is 7.05 Å². The molecule has 0 spiro atoms. The van der Waals surface area contributed by atoms with Crippen LogP contribution < -0.4 is 4.74 Å². The number of Topliss-reactive ketones (excluding diaryl/α,β-unsaturated/α-hetero) is 1. The summed E-state index contributed by atoms with van der Waals surface area (Å²) in [6.45, 7) is 0.769. The summed E-state index contributed by atoms with van der Waals surface area (Å²) in [6, 6.07) is 7.95. The van der Waals surface area contributed by atoms with E-state index in [9.17, 15) is 4.79 Å². The molecule has 4 nitrogen and oxygen atoms in total. The molecule has 1 aromatic heterocycles. The molecule has 0 amide bonds. The third kappa shape index (κ3) is 2.52. The first-order valence-corrected chi connectivity index (χ1v) is 6.50. The number of ether oxygens (including phenoxy) is 1. The second-order valence-corrected chi connectivity index (χ2v) is 4.84. The number of carbonyl (C=O) groups excluding carboxylic acids is 1. The lowest BCUT2D eigenvalue weighted by atomic mass is 10.0. The molecule has 0 bridgehead atoms. The lowest BCUT2D eigenvalue weighted by molar-refractivity contribution is 0.0977. The van der Waals surface area contributed by atoms with Gasteiger partial charge < -0.3 is 4.74 Å². The topological polar surface area (TPSA) is 44.1 Å². The first-order chi connectivity index (χ1) is 9.22. The highest BCUT2D eigenvalue weighted by Gasteiger charge is 2.13. The molecule has 19 heavy (non-hydrogen) atoms. The van der Waals surface area contributed by atoms with E-state index in [2.05, 4.69) is 11.2 Å². The Kier molecular flexibility index (Phi) is 3.07. The van der Waals surface area contributed by atoms with Gasteiger partial charge >= 0.3 is 0 Å². The number of aryl methyl sites for hydroxylation is 2. The maximum Gasteiger partial charge on any atom is 0.183 e. The number of ketones is 1. The highest BCUT2D eigenvalue weighted by Crippen LogP contribution is 2.26. The largest absolute Gasteiger partial charge is 0.493 e. The van der Waals surface area contributed by atoms with E-state index in [4.69, 9.17) is 4.74 Å². The van der Waals surface area contributed by atoms with Gasteiger partial charge in [0.1, 0.15) is 11.4 Å². The molecule has 0 radical (unpaired) electrons. The number of hydrogen-bond donors (Lipinski definition) is 0. The standard InChI is InChI=1S/C15H16N2O2/c1-17-8-6-13(16-17)14(18)4-2-11-3-5-15-12(10-11)7-9-19-15/h3,5-6,8,10H,2,4,7,9H2,1H3. The fraction of sp³-hybridized carbons (Fsp3) is 0.333. The molecule has 1 aromatic carbocycles. The van der Waals surface area contributed by atoms with Crippen LogP contribution in [0.25, 0.3) is 0 Å². The second kappa shape index (κ2) is 4.88. The monoisotopic (exact) mass is 256 g/mol. The number of carbonyl (C=O) groups is 1. The van der Waals surface area contributed by atoms with Crippen LogP contribution in [0.2, 0.25) is 0 Å². The number of nitrogens with zero attached hydrogens (tertiary/aromatic N) is 2. The average Bonchev–Trinajstić information content (AvgIpc) is 3.03. The van der Waals surface area contributed by atoms with Crippen LogP contribution in [0.15, 0.2) is 30.5 Å². The lowest BCUT2D eigenvalue weighted by Crippen LogP contribution is -2.03. The van der Waals surface area contributed by atoms with Crippen molar-refractivity contribution in [2.75, 3.05) is 6.61 Å². The summed E-state index contributed by atoms with van der Waals surface area (Å²) in [6.07, 6.45) is 4.01. The Bertz CT molecular complexity index is 616. The highest BCUT2D eigenvalue weighted by molar-refractivity contribution is 5.94. The first kappa shape index (κ1) is 12.0. The summed E-state index contributed by atoms with van der Waals surface area (Å²) < 4.78 is 7.12. The molecule has 0 atom stereocenters. The molecule has 0 aliphatic carbocycles. The highest BCUT2D eigenvalue weighted by atomic mass is 16.5. The quantitative estimate of drug-likeness (QED) is 0.787. The van der Waals surface area contributed by atoms with Crippen molar-refractivity contribution in [3.05, 3.63) is 47.3 Å². The van der Waals surface area contributed by atoms with E-state index in [1.165, 1.54) is 11.1 Å². The van der Waals surface area contributed by atoms with Crippen molar-refractivity contribution in [1.29, 1.82) is 0 Å². The van der Waals surface area contributed by atoms with E-state index >= 15 is 0 Å². The van der Waals surface area contributed by atoms with Crippen LogP contribution in [0.1, 0.15) is 28.0 Å². The molecule has 2 heterocycles. The zero-order chi connectivity index (χ0) is 13.2. The van der Waals surface area contributed by atoms with Crippen molar-refractivity contribution >= 4 is 5.78 Å². The molecular formula is C15H16N2O2. The minimum Gasteiger partial charge on any atom is -0.493 e. The fourth-order valence-electron chi connectivity index (χ4n) is 2.35. The summed E-state index contributed by atoms with van der Waals surface area (Å²) in [5.74, 6) is 1.08. The van der Waals surface area contributed by atoms with Crippen LogP contribution in [0.3, 0.4) is 0 Å². The van der Waals surface area contributed by atoms with Crippen molar-refractivity contribution in [2.45, 2.75) is 19.3 Å². The molecule has 0 saturated heterocycles. The molecule has 1 aliphatic heterocycles. The van der Waals surface area contributed by atoms with Gasteiger partial charge in [-0.3, -0.25) is 9.48 Å². The predicted molar refractivity (Wildman–Crippen MR) is 71.5 cm³/mol. The van der Waals surface area contributed by atoms with Crippen LogP contribution in [0, 0.1) is 0 Å². The zero-order valence-corrected chi connectivity index (χ0v) is 10.9. The molecule has 0 N–H and O–H groups in total. The van der Waals surface area contributed by atoms with Crippen LogP contribution in [-0.4, -0.2) is 22.2 Å². The summed E-state index contributed by atoms with van der Waals surface area (Å²) in [5.41, 5.74) is 2.99. The van der Waals surface area contributed by atoms with Crippen LogP contribution in [0.4, 0.5) is 0 Å². The maximum atomic E-state index is 12.0. The number of hydrogen-bond acceptors (Lipinski definition) is 3. The molecule has 2 aromatic rings. The van der Waals surface area contributed by atoms with E-state index in [0.29, 0.717) is 12.1 Å². The number of benzene rings is 1. The normalized spacial score (nSPS) is 13.1. The molecular weight excluding hydrogens is 240 g/mol. The molecule has 4 heteroatoms. The number of aromatic nitrogens is 2. The smallest absolute Gasteiger partial charge is 0.183 e. The van der Waals surface area contributed by atoms with Gasteiger partial charge in [0.05, 0.1) is 6.61 Å². The van der Waals surface area contributed by atoms with E-state index in [1.807, 2.05) is 19.2 Å². The van der Waals surface area contributed by atoms with Gasteiger partial charge in [-0.25, -0.2) is 0 Å². The van der Waals surface area contributed by atoms with Gasteiger partial charge in [-0.15, -0.1) is 0 Å². The summed E-state index contributed by atoms with van der Waals surface area (Å²) >= 11 is 0. The van der Waals surface area contributed by atoms with Gasteiger partial charge in [-0.2, -0.15) is 5.10 Å². The first-order valence-electron chi connectivity index (χ1n) is 6.50. The van der Waals surface area contributed by atoms with Gasteiger partial charge in [0, 0.05) is 26.1 Å². The summed E-state index contributed by atoms with van der Waals surface area (Å²) in [5, 5.41) is 4.13. The number of rotatable bonds is 4. The van der Waals surface area contributed by atoms with E-state index in [-0.39, 0.29) is 5.78 Å². The minimum absolute atomic E-state index is 0.0948. The van der Waals surface area contributed by atoms with Crippen LogP contribution in [-0.2, 0) is 19.9 Å². The van der Waals surface area contributed by atoms with E-state index < -0.39 is 0 Å². The Labute approximate surface area is 112 Å². The van der Waals surface area contributed by atoms with Crippen molar-refractivity contribution in [3.63, 3.8) is 0 Å². The summed E-state index contributed by atoms with van der Waals surface area (Å²) in [4.78, 5) is 12.0. The minimum atomic E-state index is 0.0948.